The van der Waals surface area contributed by atoms with Crippen molar-refractivity contribution in [2.24, 2.45) is 0 Å². The molecule has 190 valence electrons. The summed E-state index contributed by atoms with van der Waals surface area (Å²) < 4.78 is 48.3. The lowest BCUT2D eigenvalue weighted by molar-refractivity contribution is 0.487. The number of fused-ring (bicyclic) bond motifs is 6. The van der Waals surface area contributed by atoms with Gasteiger partial charge < -0.3 is 4.74 Å². The van der Waals surface area contributed by atoms with Crippen molar-refractivity contribution in [1.29, 1.82) is 0 Å². The maximum Gasteiger partial charge on any atom is 0.135 e. The van der Waals surface area contributed by atoms with E-state index in [0.717, 1.165) is 38.8 Å². The first-order chi connectivity index (χ1) is 22.4. The van der Waals surface area contributed by atoms with Gasteiger partial charge in [-0.2, -0.15) is 0 Å². The Morgan fingerprint density at radius 2 is 1.22 bits per heavy atom. The smallest absolute Gasteiger partial charge is 0.135 e. The molecular weight excluding hydrogens is 496 g/mol. The molecule has 1 heterocycles. The Morgan fingerprint density at radius 3 is 2.12 bits per heavy atom. The monoisotopic (exact) mass is 525 g/mol. The zero-order valence-corrected chi connectivity index (χ0v) is 21.9. The number of benzene rings is 8. The van der Waals surface area contributed by atoms with Gasteiger partial charge in [0.25, 0.3) is 0 Å². The van der Waals surface area contributed by atoms with E-state index in [1.807, 2.05) is 24.3 Å². The van der Waals surface area contributed by atoms with Crippen molar-refractivity contribution in [1.82, 2.24) is 0 Å². The lowest BCUT2D eigenvalue weighted by Gasteiger charge is -2.24. The van der Waals surface area contributed by atoms with E-state index in [1.165, 1.54) is 32.3 Å². The third-order valence-corrected chi connectivity index (χ3v) is 8.32. The van der Waals surface area contributed by atoms with E-state index in [-0.39, 0.29) is 29.7 Å². The molecular formula is C40H24O. The Labute approximate surface area is 244 Å². The van der Waals surface area contributed by atoms with Crippen LogP contribution in [-0.4, -0.2) is 0 Å². The summed E-state index contributed by atoms with van der Waals surface area (Å²) >= 11 is 0. The molecule has 1 nitrogen and oxygen atoms in total. The van der Waals surface area contributed by atoms with Gasteiger partial charge in [-0.3, -0.25) is 0 Å². The van der Waals surface area contributed by atoms with Crippen LogP contribution >= 0.6 is 0 Å². The fraction of sp³-hybridized carbons (Fsp3) is 0. The minimum absolute atomic E-state index is 0.184. The number of hydrogen-bond acceptors (Lipinski definition) is 1. The van der Waals surface area contributed by atoms with Crippen LogP contribution in [0.1, 0.15) is 6.85 Å². The summed E-state index contributed by atoms with van der Waals surface area (Å²) in [5.41, 5.74) is 4.90. The first-order valence-electron chi connectivity index (χ1n) is 16.2. The fourth-order valence-corrected chi connectivity index (χ4v) is 6.52. The summed E-state index contributed by atoms with van der Waals surface area (Å²) in [7, 11) is 0. The predicted octanol–water partition coefficient (Wildman–Crippen LogP) is 11.4. The third-order valence-electron chi connectivity index (χ3n) is 8.32. The summed E-state index contributed by atoms with van der Waals surface area (Å²) in [6, 6.07) is 38.1. The van der Waals surface area contributed by atoms with Crippen LogP contribution < -0.4 is 4.74 Å². The van der Waals surface area contributed by atoms with Gasteiger partial charge in [-0.1, -0.05) is 121 Å². The van der Waals surface area contributed by atoms with Crippen molar-refractivity contribution in [2.45, 2.75) is 0 Å². The predicted molar refractivity (Wildman–Crippen MR) is 173 cm³/mol. The lowest BCUT2D eigenvalue weighted by atomic mass is 9.86. The van der Waals surface area contributed by atoms with Crippen LogP contribution in [0.3, 0.4) is 0 Å². The van der Waals surface area contributed by atoms with Gasteiger partial charge in [0.1, 0.15) is 11.5 Å². The van der Waals surface area contributed by atoms with E-state index in [0.29, 0.717) is 11.3 Å². The first-order valence-corrected chi connectivity index (χ1v) is 13.7. The van der Waals surface area contributed by atoms with Crippen molar-refractivity contribution in [2.75, 3.05) is 0 Å². The van der Waals surface area contributed by atoms with Crippen molar-refractivity contribution in [3.63, 3.8) is 0 Å². The van der Waals surface area contributed by atoms with Gasteiger partial charge in [0.15, 0.2) is 0 Å². The van der Waals surface area contributed by atoms with Crippen LogP contribution in [-0.2, 0) is 0 Å². The van der Waals surface area contributed by atoms with E-state index >= 15 is 0 Å². The molecule has 8 aromatic rings. The molecule has 1 aliphatic heterocycles. The molecule has 8 aromatic carbocycles. The topological polar surface area (TPSA) is 9.23 Å². The molecule has 0 spiro atoms. The Bertz CT molecular complexity index is 2600. The quantitative estimate of drug-likeness (QED) is 0.161. The maximum atomic E-state index is 8.63. The van der Waals surface area contributed by atoms with Crippen LogP contribution in [0, 0.1) is 0 Å². The molecule has 1 heteroatoms. The summed E-state index contributed by atoms with van der Waals surface area (Å²) in [5.74, 6) is 1.42. The molecule has 0 N–H and O–H groups in total. The summed E-state index contributed by atoms with van der Waals surface area (Å²) in [6.45, 7) is 0. The average Bonchev–Trinajstić information content (AvgIpc) is 3.09. The van der Waals surface area contributed by atoms with E-state index < -0.39 is 6.04 Å². The minimum Gasteiger partial charge on any atom is -0.456 e. The molecule has 41 heavy (non-hydrogen) atoms. The van der Waals surface area contributed by atoms with Crippen LogP contribution in [0.4, 0.5) is 0 Å². The molecule has 0 aliphatic carbocycles. The van der Waals surface area contributed by atoms with Gasteiger partial charge in [-0.05, 0) is 89.8 Å². The Kier molecular flexibility index (Phi) is 3.76. The fourth-order valence-electron chi connectivity index (χ4n) is 6.52. The van der Waals surface area contributed by atoms with Gasteiger partial charge in [0, 0.05) is 10.9 Å². The summed E-state index contributed by atoms with van der Waals surface area (Å²) in [5, 5.41) is 8.76. The highest BCUT2D eigenvalue weighted by Crippen LogP contribution is 2.50. The van der Waals surface area contributed by atoms with E-state index in [9.17, 15) is 0 Å². The van der Waals surface area contributed by atoms with E-state index in [4.69, 9.17) is 11.6 Å². The second-order valence-electron chi connectivity index (χ2n) is 10.5. The van der Waals surface area contributed by atoms with Crippen LogP contribution in [0.15, 0.2) is 145 Å². The Hall–Kier alpha value is -5.40. The molecule has 0 saturated carbocycles. The van der Waals surface area contributed by atoms with Gasteiger partial charge in [-0.25, -0.2) is 0 Å². The maximum absolute atomic E-state index is 8.63. The number of hydrogen-bond donors (Lipinski definition) is 0. The lowest BCUT2D eigenvalue weighted by Crippen LogP contribution is -1.98. The van der Waals surface area contributed by atoms with Gasteiger partial charge >= 0.3 is 0 Å². The standard InChI is InChI=1S/C40H24O/c1-2-9-25(10-3-1)30-20-22-38-40-32(30)15-8-16-33(40)36-24-28(18-21-37(36)41-38)39-31-14-7-5-12-27(31)23-35-29-13-6-4-11-26(29)17-19-34(35)39/h1-24H/i1D,2D,3D,9D,10D. The second kappa shape index (κ2) is 8.55. The van der Waals surface area contributed by atoms with E-state index in [1.54, 1.807) is 6.07 Å². The SMILES string of the molecule is [2H]c1c([2H])c([2H])c(-c2ccc3c4c(cccc24)-c2cc(-c4c5ccccc5cc5c4ccc4ccccc45)ccc2O3)c([2H])c1[2H]. The minimum atomic E-state index is -0.403. The molecule has 0 bridgehead atoms. The first kappa shape index (κ1) is 18.0. The second-order valence-corrected chi connectivity index (χ2v) is 10.5. The van der Waals surface area contributed by atoms with Gasteiger partial charge in [0.05, 0.1) is 6.85 Å². The zero-order chi connectivity index (χ0) is 31.3. The largest absolute Gasteiger partial charge is 0.456 e. The highest BCUT2D eigenvalue weighted by atomic mass is 16.5. The average molecular weight is 526 g/mol. The summed E-state index contributed by atoms with van der Waals surface area (Å²) in [4.78, 5) is 0. The highest BCUT2D eigenvalue weighted by Gasteiger charge is 2.23. The van der Waals surface area contributed by atoms with Crippen molar-refractivity contribution in [3.8, 4) is 44.9 Å². The van der Waals surface area contributed by atoms with Crippen molar-refractivity contribution in [3.05, 3.63) is 145 Å². The highest BCUT2D eigenvalue weighted by molar-refractivity contribution is 6.20. The van der Waals surface area contributed by atoms with Gasteiger partial charge in [0.2, 0.25) is 0 Å². The number of ether oxygens (including phenoxy) is 1. The van der Waals surface area contributed by atoms with Crippen LogP contribution in [0.25, 0.3) is 76.5 Å². The van der Waals surface area contributed by atoms with Crippen LogP contribution in [0.5, 0.6) is 11.5 Å². The molecule has 0 saturated heterocycles. The normalized spacial score (nSPS) is 13.8. The third kappa shape index (κ3) is 3.30. The van der Waals surface area contributed by atoms with E-state index in [2.05, 4.69) is 84.9 Å². The molecule has 0 aromatic heterocycles. The molecule has 0 atom stereocenters. The molecule has 9 rings (SSSR count). The molecule has 0 amide bonds. The molecule has 0 radical (unpaired) electrons. The van der Waals surface area contributed by atoms with Crippen molar-refractivity contribution < 1.29 is 11.6 Å². The molecule has 0 unspecified atom stereocenters. The Balaban J connectivity index is 1.31. The summed E-state index contributed by atoms with van der Waals surface area (Å²) in [6.07, 6.45) is 0. The number of rotatable bonds is 2. The van der Waals surface area contributed by atoms with Crippen LogP contribution in [0.2, 0.25) is 0 Å². The molecule has 1 aliphatic rings. The molecule has 0 fully saturated rings. The Morgan fingerprint density at radius 1 is 0.439 bits per heavy atom. The van der Waals surface area contributed by atoms with Crippen molar-refractivity contribution >= 4 is 43.1 Å². The zero-order valence-electron chi connectivity index (χ0n) is 26.9. The van der Waals surface area contributed by atoms with Gasteiger partial charge in [-0.15, -0.1) is 0 Å².